The summed E-state index contributed by atoms with van der Waals surface area (Å²) in [5.41, 5.74) is 0. The average Bonchev–Trinajstić information content (AvgIpc) is 2.96. The zero-order valence-electron chi connectivity index (χ0n) is 28.5. The molecule has 0 aromatic heterocycles. The number of imide groups is 1. The monoisotopic (exact) mass is 598 g/mol. The van der Waals surface area contributed by atoms with E-state index in [1.165, 1.54) is 128 Å². The molecule has 244 valence electrons. The molecule has 2 N–H and O–H groups in total. The van der Waals surface area contributed by atoms with Gasteiger partial charge in [-0.3, -0.25) is 10.1 Å². The number of rotatable bonds is 28. The van der Waals surface area contributed by atoms with Gasteiger partial charge in [-0.15, -0.1) is 0 Å². The highest BCUT2D eigenvalue weighted by Crippen LogP contribution is 2.61. The zero-order valence-corrected chi connectivity index (χ0v) is 29.4. The third-order valence-corrected chi connectivity index (χ3v) is 13.9. The normalized spacial score (nSPS) is 13.5. The number of amides is 3. The van der Waals surface area contributed by atoms with Gasteiger partial charge in [0.2, 0.25) is 5.91 Å². The molecule has 41 heavy (non-hydrogen) atoms. The summed E-state index contributed by atoms with van der Waals surface area (Å²) in [6.45, 7) is 9.88. The van der Waals surface area contributed by atoms with Gasteiger partial charge in [0, 0.05) is 20.2 Å². The average molecular weight is 598 g/mol. The van der Waals surface area contributed by atoms with E-state index in [4.69, 9.17) is 0 Å². The highest BCUT2D eigenvalue weighted by atomic mass is 31.2. The molecule has 0 radical (unpaired) electrons. The second-order valence-corrected chi connectivity index (χ2v) is 17.3. The van der Waals surface area contributed by atoms with Crippen molar-refractivity contribution in [2.45, 2.75) is 188 Å². The zero-order chi connectivity index (χ0) is 30.3. The summed E-state index contributed by atoms with van der Waals surface area (Å²) in [5, 5.41) is 4.53. The molecule has 0 atom stereocenters. The number of carbonyl (C=O) groups excluding carboxylic acids is 2. The van der Waals surface area contributed by atoms with Crippen molar-refractivity contribution in [3.05, 3.63) is 0 Å². The van der Waals surface area contributed by atoms with Crippen molar-refractivity contribution in [2.75, 3.05) is 31.2 Å². The van der Waals surface area contributed by atoms with Gasteiger partial charge in [-0.05, 0) is 51.4 Å². The van der Waals surface area contributed by atoms with E-state index in [9.17, 15) is 9.59 Å². The Balaban J connectivity index is 0.00000170. The third kappa shape index (κ3) is 26.7. The molecular formula is C36H74N2O2P+. The number of urea groups is 1. The third-order valence-electron chi connectivity index (χ3n) is 8.83. The first-order chi connectivity index (χ1) is 20.0. The quantitative estimate of drug-likeness (QED) is 0.0696. The molecule has 1 aliphatic rings. The fourth-order valence-electron chi connectivity index (χ4n) is 6.10. The molecule has 0 bridgehead atoms. The van der Waals surface area contributed by atoms with E-state index in [0.29, 0.717) is 13.0 Å². The van der Waals surface area contributed by atoms with Crippen molar-refractivity contribution in [3.8, 4) is 0 Å². The smallest absolute Gasteiger partial charge is 0.321 e. The van der Waals surface area contributed by atoms with Gasteiger partial charge >= 0.3 is 6.03 Å². The summed E-state index contributed by atoms with van der Waals surface area (Å²) in [7, 11) is -0.697. The van der Waals surface area contributed by atoms with Crippen molar-refractivity contribution in [3.63, 3.8) is 0 Å². The standard InChI is InChI=1S/C32H68P.C4H6N2O2/c1-5-9-13-17-18-19-20-21-22-23-24-28-32-33(29-25-14-10-6-2,30-26-15-11-7-3)31-27-16-12-8-4;7-3-1-2-5-4(8)6-3/h5-32H2,1-4H3;1-2H2,(H2,5,6,7,8)/q+1;. The molecule has 0 aliphatic carbocycles. The van der Waals surface area contributed by atoms with Crippen molar-refractivity contribution in [1.82, 2.24) is 10.6 Å². The lowest BCUT2D eigenvalue weighted by Crippen LogP contribution is -2.46. The SMILES string of the molecule is CCCCCCCCCCCCCC[P+](CCCCCC)(CCCCCC)CCCCCC.O=C1CCNC(=O)N1. The minimum atomic E-state index is -0.697. The van der Waals surface area contributed by atoms with Crippen LogP contribution in [-0.2, 0) is 4.79 Å². The Morgan fingerprint density at radius 3 is 1.02 bits per heavy atom. The van der Waals surface area contributed by atoms with Gasteiger partial charge in [0.15, 0.2) is 0 Å². The molecular weight excluding hydrogens is 523 g/mol. The van der Waals surface area contributed by atoms with E-state index >= 15 is 0 Å². The van der Waals surface area contributed by atoms with Crippen LogP contribution in [0.2, 0.25) is 0 Å². The predicted molar refractivity (Wildman–Crippen MR) is 186 cm³/mol. The van der Waals surface area contributed by atoms with Crippen molar-refractivity contribution in [2.24, 2.45) is 0 Å². The number of unbranched alkanes of at least 4 members (excludes halogenated alkanes) is 20. The van der Waals surface area contributed by atoms with Crippen LogP contribution in [0.1, 0.15) is 188 Å². The topological polar surface area (TPSA) is 58.2 Å². The van der Waals surface area contributed by atoms with Gasteiger partial charge in [0.1, 0.15) is 0 Å². The molecule has 1 aliphatic heterocycles. The molecule has 0 aromatic rings. The van der Waals surface area contributed by atoms with Crippen molar-refractivity contribution in [1.29, 1.82) is 0 Å². The molecule has 1 rings (SSSR count). The molecule has 1 heterocycles. The van der Waals surface area contributed by atoms with Crippen LogP contribution in [0.5, 0.6) is 0 Å². The highest BCUT2D eigenvalue weighted by Gasteiger charge is 2.34. The van der Waals surface area contributed by atoms with Gasteiger partial charge in [-0.1, -0.05) is 130 Å². The molecule has 0 unspecified atom stereocenters. The molecule has 0 spiro atoms. The molecule has 1 fully saturated rings. The van der Waals surface area contributed by atoms with E-state index in [-0.39, 0.29) is 11.9 Å². The fraction of sp³-hybridized carbons (Fsp3) is 0.944. The summed E-state index contributed by atoms with van der Waals surface area (Å²) in [6.07, 6.45) is 42.5. The lowest BCUT2D eigenvalue weighted by Gasteiger charge is -2.28. The largest absolute Gasteiger partial charge is 0.337 e. The van der Waals surface area contributed by atoms with E-state index in [1.54, 1.807) is 50.3 Å². The maximum Gasteiger partial charge on any atom is 0.321 e. The number of hydrogen-bond acceptors (Lipinski definition) is 2. The minimum absolute atomic E-state index is 0.200. The van der Waals surface area contributed by atoms with Gasteiger partial charge in [-0.25, -0.2) is 4.79 Å². The summed E-state index contributed by atoms with van der Waals surface area (Å²) >= 11 is 0. The Bertz CT molecular complexity index is 539. The van der Waals surface area contributed by atoms with E-state index in [2.05, 4.69) is 38.3 Å². The Labute approximate surface area is 258 Å². The predicted octanol–water partition coefficient (Wildman–Crippen LogP) is 11.7. The first-order valence-electron chi connectivity index (χ1n) is 18.5. The molecule has 0 aromatic carbocycles. The highest BCUT2D eigenvalue weighted by molar-refractivity contribution is 7.75. The van der Waals surface area contributed by atoms with Crippen LogP contribution in [0, 0.1) is 0 Å². The first-order valence-corrected chi connectivity index (χ1v) is 21.0. The number of nitrogens with one attached hydrogen (secondary N) is 2. The van der Waals surface area contributed by atoms with Crippen LogP contribution in [0.25, 0.3) is 0 Å². The minimum Gasteiger partial charge on any atom is -0.337 e. The molecule has 1 saturated heterocycles. The van der Waals surface area contributed by atoms with Crippen LogP contribution in [-0.4, -0.2) is 43.1 Å². The molecule has 4 nitrogen and oxygen atoms in total. The van der Waals surface area contributed by atoms with Crippen LogP contribution in [0.15, 0.2) is 0 Å². The van der Waals surface area contributed by atoms with Crippen molar-refractivity contribution < 1.29 is 9.59 Å². The van der Waals surface area contributed by atoms with Gasteiger partial charge in [0.25, 0.3) is 0 Å². The van der Waals surface area contributed by atoms with E-state index in [0.717, 1.165) is 0 Å². The molecule has 0 saturated carbocycles. The molecule has 5 heteroatoms. The summed E-state index contributed by atoms with van der Waals surface area (Å²) in [4.78, 5) is 20.5. The summed E-state index contributed by atoms with van der Waals surface area (Å²) in [6, 6.07) is -0.388. The van der Waals surface area contributed by atoms with Gasteiger partial charge in [-0.2, -0.15) is 0 Å². The van der Waals surface area contributed by atoms with Crippen LogP contribution in [0.4, 0.5) is 4.79 Å². The van der Waals surface area contributed by atoms with Crippen LogP contribution in [0.3, 0.4) is 0 Å². The number of carbonyl (C=O) groups is 2. The number of hydrogen-bond donors (Lipinski definition) is 2. The first kappa shape index (κ1) is 40.4. The maximum absolute atomic E-state index is 10.3. The fourth-order valence-corrected chi connectivity index (χ4v) is 11.0. The lowest BCUT2D eigenvalue weighted by atomic mass is 10.1. The van der Waals surface area contributed by atoms with Gasteiger partial charge in [0.05, 0.1) is 24.6 Å². The second-order valence-electron chi connectivity index (χ2n) is 12.9. The van der Waals surface area contributed by atoms with E-state index in [1.807, 2.05) is 0 Å². The maximum atomic E-state index is 10.3. The molecule has 3 amide bonds. The Kier molecular flexibility index (Phi) is 30.3. The summed E-state index contributed by atoms with van der Waals surface area (Å²) < 4.78 is 0. The van der Waals surface area contributed by atoms with E-state index < -0.39 is 7.26 Å². The Morgan fingerprint density at radius 2 is 0.756 bits per heavy atom. The van der Waals surface area contributed by atoms with Crippen LogP contribution < -0.4 is 10.6 Å². The van der Waals surface area contributed by atoms with Crippen LogP contribution >= 0.6 is 7.26 Å². The van der Waals surface area contributed by atoms with Crippen molar-refractivity contribution >= 4 is 19.2 Å². The summed E-state index contributed by atoms with van der Waals surface area (Å²) in [5.74, 6) is -0.200. The Hall–Kier alpha value is -0.630. The second kappa shape index (κ2) is 30.8. The Morgan fingerprint density at radius 1 is 0.463 bits per heavy atom. The lowest BCUT2D eigenvalue weighted by molar-refractivity contribution is -0.120. The van der Waals surface area contributed by atoms with Gasteiger partial charge < -0.3 is 5.32 Å².